The minimum absolute atomic E-state index is 0.258. The van der Waals surface area contributed by atoms with Crippen molar-refractivity contribution in [3.63, 3.8) is 0 Å². The van der Waals surface area contributed by atoms with E-state index in [0.29, 0.717) is 5.82 Å². The molecule has 158 valence electrons. The lowest BCUT2D eigenvalue weighted by Gasteiger charge is -2.40. The molecule has 0 amide bonds. The third kappa shape index (κ3) is 3.84. The number of hydrogen-bond acceptors (Lipinski definition) is 6. The van der Waals surface area contributed by atoms with Crippen LogP contribution in [-0.4, -0.2) is 56.9 Å². The zero-order valence-corrected chi connectivity index (χ0v) is 17.4. The van der Waals surface area contributed by atoms with Gasteiger partial charge in [0.15, 0.2) is 5.65 Å². The Morgan fingerprint density at radius 2 is 1.70 bits per heavy atom. The Kier molecular flexibility index (Phi) is 5.25. The molecule has 0 radical (unpaired) electrons. The summed E-state index contributed by atoms with van der Waals surface area (Å²) in [4.78, 5) is 14.6. The quantitative estimate of drug-likeness (QED) is 0.709. The molecule has 3 aromatic rings. The zero-order valence-electron chi connectivity index (χ0n) is 17.4. The van der Waals surface area contributed by atoms with Crippen molar-refractivity contribution < 1.29 is 4.39 Å². The monoisotopic (exact) mass is 409 g/mol. The first-order chi connectivity index (χ1) is 14.7. The molecule has 7 nitrogen and oxygen atoms in total. The van der Waals surface area contributed by atoms with Crippen LogP contribution in [0.3, 0.4) is 0 Å². The number of rotatable bonds is 4. The molecule has 0 bridgehead atoms. The molecule has 1 N–H and O–H groups in total. The number of anilines is 3. The summed E-state index contributed by atoms with van der Waals surface area (Å²) in [6.45, 7) is 3.96. The lowest BCUT2D eigenvalue weighted by atomic mass is 9.94. The lowest BCUT2D eigenvalue weighted by molar-refractivity contribution is 0.147. The van der Waals surface area contributed by atoms with Crippen LogP contribution in [0.25, 0.3) is 11.0 Å². The van der Waals surface area contributed by atoms with E-state index in [9.17, 15) is 4.39 Å². The van der Waals surface area contributed by atoms with Crippen LogP contribution in [0.15, 0.2) is 30.5 Å². The predicted octanol–water partition coefficient (Wildman–Crippen LogP) is 3.70. The SMILES string of the molecule is Cn1ncc2c(Nc3ccc(F)cc3)nc(N3CCN(C4CCCCC4)CC3)nc21. The molecule has 0 spiro atoms. The van der Waals surface area contributed by atoms with Crippen molar-refractivity contribution in [1.29, 1.82) is 0 Å². The molecule has 8 heteroatoms. The fourth-order valence-electron chi connectivity index (χ4n) is 4.65. The zero-order chi connectivity index (χ0) is 20.5. The van der Waals surface area contributed by atoms with Gasteiger partial charge >= 0.3 is 0 Å². The number of nitrogens with zero attached hydrogens (tertiary/aromatic N) is 6. The van der Waals surface area contributed by atoms with E-state index in [1.165, 1.54) is 44.2 Å². The van der Waals surface area contributed by atoms with E-state index in [1.54, 1.807) is 23.0 Å². The standard InChI is InChI=1S/C22H28FN7/c1-28-21-19(15-24-28)20(25-17-9-7-16(23)8-10-17)26-22(27-21)30-13-11-29(12-14-30)18-5-3-2-4-6-18/h7-10,15,18H,2-6,11-14H2,1H3,(H,25,26,27). The van der Waals surface area contributed by atoms with Gasteiger partial charge in [0.2, 0.25) is 5.95 Å². The van der Waals surface area contributed by atoms with Crippen molar-refractivity contribution in [1.82, 2.24) is 24.6 Å². The summed E-state index contributed by atoms with van der Waals surface area (Å²) < 4.78 is 15.0. The first kappa shape index (κ1) is 19.2. The van der Waals surface area contributed by atoms with E-state index in [4.69, 9.17) is 9.97 Å². The van der Waals surface area contributed by atoms with Gasteiger partial charge in [-0.1, -0.05) is 19.3 Å². The smallest absolute Gasteiger partial charge is 0.229 e. The summed E-state index contributed by atoms with van der Waals surface area (Å²) in [5.41, 5.74) is 1.58. The average Bonchev–Trinajstić information content (AvgIpc) is 3.17. The Hall–Kier alpha value is -2.74. The number of hydrogen-bond donors (Lipinski definition) is 1. The van der Waals surface area contributed by atoms with E-state index < -0.39 is 0 Å². The fraction of sp³-hybridized carbons (Fsp3) is 0.500. The predicted molar refractivity (Wildman–Crippen MR) is 117 cm³/mol. The van der Waals surface area contributed by atoms with E-state index in [-0.39, 0.29) is 5.82 Å². The first-order valence-electron chi connectivity index (χ1n) is 10.9. The Bertz CT molecular complexity index is 1000. The summed E-state index contributed by atoms with van der Waals surface area (Å²) >= 11 is 0. The van der Waals surface area contributed by atoms with Crippen molar-refractivity contribution >= 4 is 28.5 Å². The number of aryl methyl sites for hydroxylation is 1. The summed E-state index contributed by atoms with van der Waals surface area (Å²) in [6.07, 6.45) is 8.56. The van der Waals surface area contributed by atoms with Crippen LogP contribution in [0.2, 0.25) is 0 Å². The van der Waals surface area contributed by atoms with Crippen molar-refractivity contribution in [3.05, 3.63) is 36.3 Å². The highest BCUT2D eigenvalue weighted by molar-refractivity contribution is 5.89. The van der Waals surface area contributed by atoms with Crippen LogP contribution in [0.1, 0.15) is 32.1 Å². The normalized spacial score (nSPS) is 18.8. The Balaban J connectivity index is 1.38. The maximum Gasteiger partial charge on any atom is 0.229 e. The van der Waals surface area contributed by atoms with Gasteiger partial charge in [0.1, 0.15) is 11.6 Å². The minimum Gasteiger partial charge on any atom is -0.339 e. The number of piperazine rings is 1. The van der Waals surface area contributed by atoms with Gasteiger partial charge in [-0.2, -0.15) is 15.1 Å². The van der Waals surface area contributed by atoms with Crippen molar-refractivity contribution in [2.45, 2.75) is 38.1 Å². The molecular weight excluding hydrogens is 381 g/mol. The molecule has 30 heavy (non-hydrogen) atoms. The molecule has 0 unspecified atom stereocenters. The third-order valence-corrected chi connectivity index (χ3v) is 6.38. The highest BCUT2D eigenvalue weighted by Gasteiger charge is 2.26. The molecule has 2 fully saturated rings. The van der Waals surface area contributed by atoms with Crippen LogP contribution in [0, 0.1) is 5.82 Å². The molecule has 5 rings (SSSR count). The Morgan fingerprint density at radius 1 is 0.967 bits per heavy atom. The number of halogens is 1. The summed E-state index contributed by atoms with van der Waals surface area (Å²) in [5, 5.41) is 8.53. The van der Waals surface area contributed by atoms with E-state index in [0.717, 1.165) is 54.9 Å². The summed E-state index contributed by atoms with van der Waals surface area (Å²) in [7, 11) is 1.89. The van der Waals surface area contributed by atoms with Crippen LogP contribution in [0.4, 0.5) is 21.8 Å². The van der Waals surface area contributed by atoms with E-state index >= 15 is 0 Å². The molecule has 3 heterocycles. The van der Waals surface area contributed by atoms with Gasteiger partial charge in [0, 0.05) is 45.0 Å². The van der Waals surface area contributed by atoms with Gasteiger partial charge in [-0.3, -0.25) is 9.58 Å². The minimum atomic E-state index is -0.258. The highest BCUT2D eigenvalue weighted by atomic mass is 19.1. The van der Waals surface area contributed by atoms with Crippen molar-refractivity contribution in [2.75, 3.05) is 36.4 Å². The number of nitrogens with one attached hydrogen (secondary N) is 1. The second kappa shape index (κ2) is 8.18. The van der Waals surface area contributed by atoms with Crippen LogP contribution < -0.4 is 10.2 Å². The fourth-order valence-corrected chi connectivity index (χ4v) is 4.65. The molecule has 1 saturated carbocycles. The van der Waals surface area contributed by atoms with Crippen molar-refractivity contribution in [2.24, 2.45) is 7.05 Å². The van der Waals surface area contributed by atoms with Gasteiger partial charge in [-0.15, -0.1) is 0 Å². The van der Waals surface area contributed by atoms with E-state index in [2.05, 4.69) is 20.2 Å². The van der Waals surface area contributed by atoms with Gasteiger partial charge < -0.3 is 10.2 Å². The van der Waals surface area contributed by atoms with Crippen LogP contribution in [-0.2, 0) is 7.05 Å². The molecule has 1 aromatic carbocycles. The average molecular weight is 410 g/mol. The number of benzene rings is 1. The molecule has 1 saturated heterocycles. The number of fused-ring (bicyclic) bond motifs is 1. The van der Waals surface area contributed by atoms with Crippen LogP contribution in [0.5, 0.6) is 0 Å². The van der Waals surface area contributed by atoms with E-state index in [1.807, 2.05) is 7.05 Å². The Labute approximate surface area is 175 Å². The van der Waals surface area contributed by atoms with Gasteiger partial charge in [0.25, 0.3) is 0 Å². The second-order valence-corrected chi connectivity index (χ2v) is 8.32. The summed E-state index contributed by atoms with van der Waals surface area (Å²) in [6, 6.07) is 7.05. The topological polar surface area (TPSA) is 62.1 Å². The molecule has 1 aliphatic carbocycles. The van der Waals surface area contributed by atoms with Gasteiger partial charge in [-0.05, 0) is 37.1 Å². The van der Waals surface area contributed by atoms with Crippen LogP contribution >= 0.6 is 0 Å². The molecule has 2 aliphatic rings. The maximum atomic E-state index is 13.3. The third-order valence-electron chi connectivity index (χ3n) is 6.38. The molecule has 2 aromatic heterocycles. The highest BCUT2D eigenvalue weighted by Crippen LogP contribution is 2.28. The maximum absolute atomic E-state index is 13.3. The van der Waals surface area contributed by atoms with Gasteiger partial charge in [-0.25, -0.2) is 4.39 Å². The lowest BCUT2D eigenvalue weighted by Crippen LogP contribution is -2.51. The van der Waals surface area contributed by atoms with Crippen molar-refractivity contribution in [3.8, 4) is 0 Å². The molecular formula is C22H28FN7. The number of aromatic nitrogens is 4. The molecule has 1 aliphatic heterocycles. The first-order valence-corrected chi connectivity index (χ1v) is 10.9. The Morgan fingerprint density at radius 3 is 2.43 bits per heavy atom. The summed E-state index contributed by atoms with van der Waals surface area (Å²) in [5.74, 6) is 1.16. The largest absolute Gasteiger partial charge is 0.339 e. The molecule has 0 atom stereocenters. The second-order valence-electron chi connectivity index (χ2n) is 8.32. The van der Waals surface area contributed by atoms with Gasteiger partial charge in [0.05, 0.1) is 11.6 Å².